The Kier molecular flexibility index (Phi) is 3.60. The van der Waals surface area contributed by atoms with Crippen LogP contribution in [0.1, 0.15) is 11.8 Å². The first-order chi connectivity index (χ1) is 6.74. The minimum atomic E-state index is 0.382. The summed E-state index contributed by atoms with van der Waals surface area (Å²) in [7, 11) is 0. The van der Waals surface area contributed by atoms with E-state index in [1.807, 2.05) is 11.3 Å². The van der Waals surface area contributed by atoms with Gasteiger partial charge in [0.1, 0.15) is 0 Å². The first-order valence-corrected chi connectivity index (χ1v) is 6.43. The maximum atomic E-state index is 5.50. The highest BCUT2D eigenvalue weighted by atomic mass is 79.9. The van der Waals surface area contributed by atoms with Gasteiger partial charge >= 0.3 is 0 Å². The van der Waals surface area contributed by atoms with Crippen molar-refractivity contribution in [2.45, 2.75) is 19.6 Å². The number of hydrogen-bond acceptors (Lipinski definition) is 3. The van der Waals surface area contributed by atoms with E-state index >= 15 is 0 Å². The van der Waals surface area contributed by atoms with Gasteiger partial charge in [-0.3, -0.25) is 4.90 Å². The molecule has 0 aliphatic carbocycles. The molecule has 0 N–H and O–H groups in total. The van der Waals surface area contributed by atoms with Crippen molar-refractivity contribution >= 4 is 27.3 Å². The van der Waals surface area contributed by atoms with Crippen molar-refractivity contribution in [3.8, 4) is 0 Å². The number of rotatable bonds is 2. The molecular formula is C10H14BrNOS. The maximum Gasteiger partial charge on any atom is 0.0701 e. The molecule has 2 heterocycles. The molecule has 1 unspecified atom stereocenters. The molecule has 1 aromatic rings. The van der Waals surface area contributed by atoms with Crippen LogP contribution in [-0.4, -0.2) is 30.7 Å². The molecule has 0 aromatic carbocycles. The third kappa shape index (κ3) is 2.79. The lowest BCUT2D eigenvalue weighted by molar-refractivity contribution is -0.0208. The number of nitrogens with zero attached hydrogens (tertiary/aromatic N) is 1. The molecule has 1 fully saturated rings. The molecule has 4 heteroatoms. The molecule has 1 saturated heterocycles. The smallest absolute Gasteiger partial charge is 0.0701 e. The molecule has 0 bridgehead atoms. The summed E-state index contributed by atoms with van der Waals surface area (Å²) in [6.45, 7) is 6.17. The van der Waals surface area contributed by atoms with Gasteiger partial charge in [-0.1, -0.05) is 0 Å². The van der Waals surface area contributed by atoms with Gasteiger partial charge in [0.2, 0.25) is 0 Å². The van der Waals surface area contributed by atoms with E-state index < -0.39 is 0 Å². The second kappa shape index (κ2) is 4.75. The number of morpholine rings is 1. The summed E-state index contributed by atoms with van der Waals surface area (Å²) in [5.74, 6) is 0. The Bertz CT molecular complexity index is 302. The predicted molar refractivity (Wildman–Crippen MR) is 62.7 cm³/mol. The van der Waals surface area contributed by atoms with Crippen LogP contribution in [0.5, 0.6) is 0 Å². The molecule has 0 saturated carbocycles. The zero-order chi connectivity index (χ0) is 9.97. The maximum absolute atomic E-state index is 5.50. The second-order valence-corrected chi connectivity index (χ2v) is 6.17. The van der Waals surface area contributed by atoms with Crippen LogP contribution < -0.4 is 0 Å². The zero-order valence-corrected chi connectivity index (χ0v) is 10.6. The molecule has 0 amide bonds. The van der Waals surface area contributed by atoms with Crippen molar-refractivity contribution in [1.29, 1.82) is 0 Å². The average Bonchev–Trinajstić information content (AvgIpc) is 2.51. The Hall–Kier alpha value is 0.1000. The Balaban J connectivity index is 1.90. The van der Waals surface area contributed by atoms with Crippen LogP contribution in [0.15, 0.2) is 15.9 Å². The van der Waals surface area contributed by atoms with Gasteiger partial charge in [0.15, 0.2) is 0 Å². The molecule has 0 spiro atoms. The summed E-state index contributed by atoms with van der Waals surface area (Å²) >= 11 is 5.30. The molecular weight excluding hydrogens is 262 g/mol. The zero-order valence-electron chi connectivity index (χ0n) is 8.20. The number of halogens is 1. The topological polar surface area (TPSA) is 12.5 Å². The molecule has 1 aliphatic rings. The first kappa shape index (κ1) is 10.6. The Labute approximate surface area is 97.0 Å². The van der Waals surface area contributed by atoms with Gasteiger partial charge in [0.25, 0.3) is 0 Å². The van der Waals surface area contributed by atoms with Crippen molar-refractivity contribution in [1.82, 2.24) is 4.90 Å². The normalized spacial score (nSPS) is 24.0. The standard InChI is InChI=1S/C10H14BrNOS/c1-8-6-12(4-5-13-8)7-9-2-3-10(11)14-9/h2-3,8H,4-7H2,1H3. The fraction of sp³-hybridized carbons (Fsp3) is 0.600. The first-order valence-electron chi connectivity index (χ1n) is 4.82. The van der Waals surface area contributed by atoms with Crippen molar-refractivity contribution in [2.24, 2.45) is 0 Å². The summed E-state index contributed by atoms with van der Waals surface area (Å²) in [6, 6.07) is 4.30. The summed E-state index contributed by atoms with van der Waals surface area (Å²) in [6.07, 6.45) is 0.382. The van der Waals surface area contributed by atoms with Crippen LogP contribution in [0.2, 0.25) is 0 Å². The minimum Gasteiger partial charge on any atom is -0.376 e. The third-order valence-electron chi connectivity index (χ3n) is 2.33. The summed E-state index contributed by atoms with van der Waals surface area (Å²) in [5, 5.41) is 0. The van der Waals surface area contributed by atoms with Crippen LogP contribution in [0.4, 0.5) is 0 Å². The fourth-order valence-electron chi connectivity index (χ4n) is 1.69. The molecule has 1 aliphatic heterocycles. The van der Waals surface area contributed by atoms with Crippen LogP contribution in [0.3, 0.4) is 0 Å². The number of thiophene rings is 1. The largest absolute Gasteiger partial charge is 0.376 e. The van der Waals surface area contributed by atoms with E-state index in [0.29, 0.717) is 6.10 Å². The highest BCUT2D eigenvalue weighted by molar-refractivity contribution is 9.11. The average molecular weight is 276 g/mol. The quantitative estimate of drug-likeness (QED) is 0.823. The van der Waals surface area contributed by atoms with Gasteiger partial charge in [0.05, 0.1) is 16.5 Å². The number of ether oxygens (including phenoxy) is 1. The third-order valence-corrected chi connectivity index (χ3v) is 3.94. The van der Waals surface area contributed by atoms with Gasteiger partial charge < -0.3 is 4.74 Å². The Morgan fingerprint density at radius 3 is 3.14 bits per heavy atom. The SMILES string of the molecule is CC1CN(Cc2ccc(Br)s2)CCO1. The minimum absolute atomic E-state index is 0.382. The number of hydrogen-bond donors (Lipinski definition) is 0. The second-order valence-electron chi connectivity index (χ2n) is 3.62. The van der Waals surface area contributed by atoms with Gasteiger partial charge in [-0.25, -0.2) is 0 Å². The summed E-state index contributed by atoms with van der Waals surface area (Å²) in [5.41, 5.74) is 0. The van der Waals surface area contributed by atoms with Crippen LogP contribution >= 0.6 is 27.3 Å². The van der Waals surface area contributed by atoms with E-state index in [1.54, 1.807) is 0 Å². The van der Waals surface area contributed by atoms with Crippen molar-refractivity contribution in [2.75, 3.05) is 19.7 Å². The monoisotopic (exact) mass is 275 g/mol. The molecule has 2 rings (SSSR count). The fourth-order valence-corrected chi connectivity index (χ4v) is 3.22. The molecule has 1 aromatic heterocycles. The summed E-state index contributed by atoms with van der Waals surface area (Å²) in [4.78, 5) is 3.87. The van der Waals surface area contributed by atoms with Crippen LogP contribution in [0, 0.1) is 0 Å². The van der Waals surface area contributed by atoms with E-state index in [2.05, 4.69) is 39.9 Å². The lowest BCUT2D eigenvalue weighted by Gasteiger charge is -2.30. The van der Waals surface area contributed by atoms with Gasteiger partial charge in [-0.2, -0.15) is 0 Å². The Morgan fingerprint density at radius 2 is 2.50 bits per heavy atom. The predicted octanol–water partition coefficient (Wildman–Crippen LogP) is 2.73. The molecule has 0 radical (unpaired) electrons. The van der Waals surface area contributed by atoms with E-state index in [9.17, 15) is 0 Å². The van der Waals surface area contributed by atoms with Gasteiger partial charge in [0, 0.05) is 24.5 Å². The van der Waals surface area contributed by atoms with Crippen LogP contribution in [0.25, 0.3) is 0 Å². The summed E-state index contributed by atoms with van der Waals surface area (Å²) < 4.78 is 6.72. The van der Waals surface area contributed by atoms with Crippen LogP contribution in [-0.2, 0) is 11.3 Å². The van der Waals surface area contributed by atoms with Gasteiger partial charge in [-0.15, -0.1) is 11.3 Å². The van der Waals surface area contributed by atoms with E-state index in [0.717, 1.165) is 26.2 Å². The van der Waals surface area contributed by atoms with Crippen molar-refractivity contribution in [3.05, 3.63) is 20.8 Å². The Morgan fingerprint density at radius 1 is 1.64 bits per heavy atom. The van der Waals surface area contributed by atoms with E-state index in [-0.39, 0.29) is 0 Å². The van der Waals surface area contributed by atoms with Crippen molar-refractivity contribution < 1.29 is 4.74 Å². The molecule has 78 valence electrons. The van der Waals surface area contributed by atoms with Gasteiger partial charge in [-0.05, 0) is 35.0 Å². The molecule has 1 atom stereocenters. The van der Waals surface area contributed by atoms with E-state index in [1.165, 1.54) is 8.66 Å². The highest BCUT2D eigenvalue weighted by Gasteiger charge is 2.16. The highest BCUT2D eigenvalue weighted by Crippen LogP contribution is 2.23. The van der Waals surface area contributed by atoms with E-state index in [4.69, 9.17) is 4.74 Å². The lowest BCUT2D eigenvalue weighted by Crippen LogP contribution is -2.40. The molecule has 2 nitrogen and oxygen atoms in total. The molecule has 14 heavy (non-hydrogen) atoms. The lowest BCUT2D eigenvalue weighted by atomic mass is 10.3. The van der Waals surface area contributed by atoms with Crippen molar-refractivity contribution in [3.63, 3.8) is 0 Å².